The van der Waals surface area contributed by atoms with Crippen molar-refractivity contribution in [3.63, 3.8) is 0 Å². The molecule has 0 aromatic heterocycles. The second-order valence-electron chi connectivity index (χ2n) is 4.81. The first-order valence-electron chi connectivity index (χ1n) is 6.46. The molecule has 0 aromatic carbocycles. The molecule has 1 atom stereocenters. The summed E-state index contributed by atoms with van der Waals surface area (Å²) in [4.78, 5) is 11.6. The van der Waals surface area contributed by atoms with Crippen LogP contribution in [-0.4, -0.2) is 36.0 Å². The monoisotopic (exact) mass is 242 g/mol. The minimum Gasteiger partial charge on any atom is -0.352 e. The van der Waals surface area contributed by atoms with Crippen LogP contribution in [0.5, 0.6) is 0 Å². The molecular weight excluding hydrogens is 220 g/mol. The van der Waals surface area contributed by atoms with E-state index < -0.39 is 0 Å². The number of rotatable bonds is 5. The molecule has 0 aromatic rings. The molecule has 0 bridgehead atoms. The van der Waals surface area contributed by atoms with Crippen LogP contribution in [0.25, 0.3) is 0 Å². The summed E-state index contributed by atoms with van der Waals surface area (Å²) in [6, 6.07) is 0.454. The van der Waals surface area contributed by atoms with Crippen molar-refractivity contribution in [2.24, 2.45) is 0 Å². The topological polar surface area (TPSA) is 41.1 Å². The zero-order valence-corrected chi connectivity index (χ0v) is 10.7. The molecule has 4 heteroatoms. The highest BCUT2D eigenvalue weighted by Gasteiger charge is 2.18. The number of thioether (sulfide) groups is 1. The summed E-state index contributed by atoms with van der Waals surface area (Å²) in [5.74, 6) is 1.47. The molecule has 1 aliphatic heterocycles. The Morgan fingerprint density at radius 2 is 2.00 bits per heavy atom. The predicted molar refractivity (Wildman–Crippen MR) is 68.7 cm³/mol. The normalized spacial score (nSPS) is 26.1. The third-order valence-corrected chi connectivity index (χ3v) is 4.80. The number of hydrogen-bond acceptors (Lipinski definition) is 3. The van der Waals surface area contributed by atoms with Gasteiger partial charge in [0.2, 0.25) is 5.91 Å². The zero-order valence-electron chi connectivity index (χ0n) is 9.84. The van der Waals surface area contributed by atoms with E-state index in [9.17, 15) is 4.79 Å². The van der Waals surface area contributed by atoms with Crippen LogP contribution in [0.2, 0.25) is 0 Å². The highest BCUT2D eigenvalue weighted by molar-refractivity contribution is 8.00. The van der Waals surface area contributed by atoms with Crippen LogP contribution in [0.15, 0.2) is 0 Å². The average Bonchev–Trinajstić information content (AvgIpc) is 2.90. The van der Waals surface area contributed by atoms with Crippen molar-refractivity contribution in [2.75, 3.05) is 18.8 Å². The molecule has 3 nitrogen and oxygen atoms in total. The van der Waals surface area contributed by atoms with Crippen molar-refractivity contribution in [1.29, 1.82) is 0 Å². The summed E-state index contributed by atoms with van der Waals surface area (Å²) in [6.45, 7) is 1.48. The Bertz CT molecular complexity index is 223. The number of hydrogen-bond donors (Lipinski definition) is 2. The van der Waals surface area contributed by atoms with E-state index in [-0.39, 0.29) is 5.91 Å². The van der Waals surface area contributed by atoms with Gasteiger partial charge in [-0.15, -0.1) is 0 Å². The van der Waals surface area contributed by atoms with Crippen LogP contribution < -0.4 is 10.6 Å². The lowest BCUT2D eigenvalue weighted by atomic mass is 10.2. The fraction of sp³-hybridized carbons (Fsp3) is 0.917. The second kappa shape index (κ2) is 6.50. The molecule has 2 N–H and O–H groups in total. The number of amides is 1. The average molecular weight is 242 g/mol. The molecule has 0 radical (unpaired) electrons. The lowest BCUT2D eigenvalue weighted by molar-refractivity contribution is -0.120. The number of nitrogens with one attached hydrogen (secondary N) is 2. The molecule has 1 unspecified atom stereocenters. The van der Waals surface area contributed by atoms with Crippen LogP contribution in [0, 0.1) is 0 Å². The summed E-state index contributed by atoms with van der Waals surface area (Å²) in [7, 11) is 0. The third kappa shape index (κ3) is 3.98. The maximum Gasteiger partial charge on any atom is 0.234 e. The quantitative estimate of drug-likeness (QED) is 0.768. The van der Waals surface area contributed by atoms with Gasteiger partial charge in [0.1, 0.15) is 0 Å². The summed E-state index contributed by atoms with van der Waals surface area (Å²) in [5, 5.41) is 7.10. The van der Waals surface area contributed by atoms with Gasteiger partial charge in [0.15, 0.2) is 0 Å². The molecule has 1 amide bonds. The molecule has 16 heavy (non-hydrogen) atoms. The van der Waals surface area contributed by atoms with Crippen LogP contribution in [0.1, 0.15) is 38.5 Å². The van der Waals surface area contributed by atoms with Crippen molar-refractivity contribution >= 4 is 17.7 Å². The van der Waals surface area contributed by atoms with Crippen molar-refractivity contribution in [3.8, 4) is 0 Å². The van der Waals surface area contributed by atoms with Gasteiger partial charge in [0.05, 0.1) is 6.54 Å². The summed E-state index contributed by atoms with van der Waals surface area (Å²) >= 11 is 2.03. The Kier molecular flexibility index (Phi) is 4.97. The Morgan fingerprint density at radius 1 is 1.19 bits per heavy atom. The van der Waals surface area contributed by atoms with E-state index in [4.69, 9.17) is 0 Å². The second-order valence-corrected chi connectivity index (χ2v) is 6.22. The van der Waals surface area contributed by atoms with Gasteiger partial charge in [-0.25, -0.2) is 0 Å². The van der Waals surface area contributed by atoms with Crippen molar-refractivity contribution in [1.82, 2.24) is 10.6 Å². The Balaban J connectivity index is 1.52. The molecular formula is C12H22N2OS. The molecule has 2 aliphatic rings. The Hall–Kier alpha value is -0.220. The van der Waals surface area contributed by atoms with Gasteiger partial charge in [0.25, 0.3) is 0 Å². The van der Waals surface area contributed by atoms with Gasteiger partial charge in [-0.1, -0.05) is 12.8 Å². The van der Waals surface area contributed by atoms with Gasteiger partial charge < -0.3 is 10.6 Å². The summed E-state index contributed by atoms with van der Waals surface area (Å²) in [6.07, 6.45) is 7.54. The van der Waals surface area contributed by atoms with Crippen LogP contribution in [-0.2, 0) is 4.79 Å². The first-order chi connectivity index (χ1) is 7.84. The number of carbonyl (C=O) groups is 1. The first-order valence-corrected chi connectivity index (χ1v) is 7.51. The fourth-order valence-corrected chi connectivity index (χ4v) is 3.74. The van der Waals surface area contributed by atoms with Crippen molar-refractivity contribution in [3.05, 3.63) is 0 Å². The molecule has 0 spiro atoms. The van der Waals surface area contributed by atoms with Gasteiger partial charge >= 0.3 is 0 Å². The zero-order chi connectivity index (χ0) is 11.2. The van der Waals surface area contributed by atoms with E-state index in [1.807, 2.05) is 11.8 Å². The minimum absolute atomic E-state index is 0.176. The van der Waals surface area contributed by atoms with Crippen molar-refractivity contribution in [2.45, 2.75) is 49.8 Å². The lowest BCUT2D eigenvalue weighted by Gasteiger charge is -2.13. The highest BCUT2D eigenvalue weighted by atomic mass is 32.2. The highest BCUT2D eigenvalue weighted by Crippen LogP contribution is 2.25. The van der Waals surface area contributed by atoms with Gasteiger partial charge in [0, 0.05) is 17.8 Å². The standard InChI is InChI=1S/C12H22N2OS/c15-12(14-10-4-1-2-5-10)9-13-8-11-6-3-7-16-11/h10-11,13H,1-9H2,(H,14,15). The van der Waals surface area contributed by atoms with Gasteiger partial charge in [-0.2, -0.15) is 11.8 Å². The van der Waals surface area contributed by atoms with Gasteiger partial charge in [-0.05, 0) is 31.4 Å². The van der Waals surface area contributed by atoms with E-state index in [1.165, 1.54) is 44.3 Å². The molecule has 1 heterocycles. The Labute approximate surface area is 102 Å². The van der Waals surface area contributed by atoms with E-state index in [1.54, 1.807) is 0 Å². The van der Waals surface area contributed by atoms with Gasteiger partial charge in [-0.3, -0.25) is 4.79 Å². The molecule has 1 saturated carbocycles. The van der Waals surface area contributed by atoms with E-state index >= 15 is 0 Å². The Morgan fingerprint density at radius 3 is 2.69 bits per heavy atom. The summed E-state index contributed by atoms with van der Waals surface area (Å²) in [5.41, 5.74) is 0. The lowest BCUT2D eigenvalue weighted by Crippen LogP contribution is -2.40. The largest absolute Gasteiger partial charge is 0.352 e. The molecule has 92 valence electrons. The van der Waals surface area contributed by atoms with E-state index in [0.717, 1.165) is 11.8 Å². The summed E-state index contributed by atoms with van der Waals surface area (Å²) < 4.78 is 0. The van der Waals surface area contributed by atoms with E-state index in [0.29, 0.717) is 12.6 Å². The first kappa shape index (κ1) is 12.2. The van der Waals surface area contributed by atoms with Crippen LogP contribution in [0.4, 0.5) is 0 Å². The third-order valence-electron chi connectivity index (χ3n) is 3.40. The smallest absolute Gasteiger partial charge is 0.234 e. The molecule has 1 aliphatic carbocycles. The number of carbonyl (C=O) groups excluding carboxylic acids is 1. The molecule has 2 rings (SSSR count). The minimum atomic E-state index is 0.176. The molecule has 2 fully saturated rings. The van der Waals surface area contributed by atoms with E-state index in [2.05, 4.69) is 10.6 Å². The van der Waals surface area contributed by atoms with Crippen LogP contribution in [0.3, 0.4) is 0 Å². The maximum absolute atomic E-state index is 11.6. The van der Waals surface area contributed by atoms with Crippen molar-refractivity contribution < 1.29 is 4.79 Å². The molecule has 1 saturated heterocycles. The SMILES string of the molecule is O=C(CNCC1CCCS1)NC1CCCC1. The fourth-order valence-electron chi connectivity index (χ4n) is 2.50. The predicted octanol–water partition coefficient (Wildman–Crippen LogP) is 1.53. The maximum atomic E-state index is 11.6. The van der Waals surface area contributed by atoms with Crippen LogP contribution >= 0.6 is 11.8 Å².